The summed E-state index contributed by atoms with van der Waals surface area (Å²) in [5.74, 6) is 0. The zero-order valence-electron chi connectivity index (χ0n) is 11.5. The molecule has 2 nitrogen and oxygen atoms in total. The largest absolute Gasteiger partial charge is 0.399 e. The lowest BCUT2D eigenvalue weighted by molar-refractivity contribution is 1.40. The van der Waals surface area contributed by atoms with Gasteiger partial charge in [0.1, 0.15) is 0 Å². The van der Waals surface area contributed by atoms with Crippen molar-refractivity contribution in [3.63, 3.8) is 0 Å². The number of anilines is 2. The molecule has 0 aliphatic rings. The minimum absolute atomic E-state index is 0.756. The molecule has 104 valence electrons. The van der Waals surface area contributed by atoms with Crippen molar-refractivity contribution in [3.05, 3.63) is 72.8 Å². The van der Waals surface area contributed by atoms with E-state index in [-0.39, 0.29) is 0 Å². The van der Waals surface area contributed by atoms with Gasteiger partial charge in [-0.2, -0.15) is 0 Å². The van der Waals surface area contributed by atoms with Crippen LogP contribution in [0, 0.1) is 0 Å². The van der Waals surface area contributed by atoms with Gasteiger partial charge in [-0.15, -0.1) is 0 Å². The highest BCUT2D eigenvalue weighted by atomic mass is 32.2. The molecule has 0 saturated heterocycles. The molecule has 0 amide bonds. The molecule has 0 bridgehead atoms. The van der Waals surface area contributed by atoms with Crippen LogP contribution >= 0.6 is 11.8 Å². The molecule has 0 atom stereocenters. The number of hydrogen-bond donors (Lipinski definition) is 2. The lowest BCUT2D eigenvalue weighted by Crippen LogP contribution is -1.92. The molecule has 0 unspecified atom stereocenters. The molecule has 3 aromatic carbocycles. The topological polar surface area (TPSA) is 52.0 Å². The lowest BCUT2D eigenvalue weighted by atomic mass is 10.0. The van der Waals surface area contributed by atoms with Crippen LogP contribution in [0.2, 0.25) is 0 Å². The maximum atomic E-state index is 6.11. The van der Waals surface area contributed by atoms with Gasteiger partial charge in [-0.25, -0.2) is 0 Å². The van der Waals surface area contributed by atoms with Crippen molar-refractivity contribution < 1.29 is 0 Å². The third-order valence-electron chi connectivity index (χ3n) is 3.23. The van der Waals surface area contributed by atoms with Gasteiger partial charge >= 0.3 is 0 Å². The number of hydrogen-bond acceptors (Lipinski definition) is 3. The molecule has 0 heterocycles. The van der Waals surface area contributed by atoms with Crippen LogP contribution in [0.5, 0.6) is 0 Å². The Balaban J connectivity index is 2.08. The third kappa shape index (κ3) is 3.03. The average molecular weight is 292 g/mol. The predicted octanol–water partition coefficient (Wildman–Crippen LogP) is 4.67. The number of benzene rings is 3. The molecular weight excluding hydrogens is 276 g/mol. The van der Waals surface area contributed by atoms with Crippen LogP contribution in [0.1, 0.15) is 0 Å². The molecule has 3 heteroatoms. The van der Waals surface area contributed by atoms with E-state index >= 15 is 0 Å². The molecular formula is C18H16N2S. The van der Waals surface area contributed by atoms with Crippen LogP contribution in [-0.4, -0.2) is 0 Å². The lowest BCUT2D eigenvalue weighted by Gasteiger charge is -2.12. The van der Waals surface area contributed by atoms with Gasteiger partial charge < -0.3 is 11.5 Å². The zero-order valence-corrected chi connectivity index (χ0v) is 12.3. The second-order valence-corrected chi connectivity index (χ2v) is 5.87. The highest BCUT2D eigenvalue weighted by Crippen LogP contribution is 2.39. The van der Waals surface area contributed by atoms with Crippen molar-refractivity contribution >= 4 is 23.1 Å². The number of para-hydroxylation sites is 1. The fourth-order valence-electron chi connectivity index (χ4n) is 2.20. The van der Waals surface area contributed by atoms with Gasteiger partial charge in [0, 0.05) is 26.7 Å². The SMILES string of the molecule is Nc1ccc(-c2ccccc2N)c(Sc2ccccc2)c1. The summed E-state index contributed by atoms with van der Waals surface area (Å²) in [6.45, 7) is 0. The quantitative estimate of drug-likeness (QED) is 0.690. The molecule has 0 aromatic heterocycles. The van der Waals surface area contributed by atoms with Gasteiger partial charge in [0.2, 0.25) is 0 Å². The monoisotopic (exact) mass is 292 g/mol. The van der Waals surface area contributed by atoms with Crippen molar-refractivity contribution in [1.29, 1.82) is 0 Å². The van der Waals surface area contributed by atoms with Crippen LogP contribution in [0.3, 0.4) is 0 Å². The van der Waals surface area contributed by atoms with Crippen molar-refractivity contribution in [1.82, 2.24) is 0 Å². The van der Waals surface area contributed by atoms with E-state index in [1.807, 2.05) is 60.7 Å². The van der Waals surface area contributed by atoms with Gasteiger partial charge in [0.25, 0.3) is 0 Å². The van der Waals surface area contributed by atoms with Gasteiger partial charge in [-0.05, 0) is 35.9 Å². The maximum Gasteiger partial charge on any atom is 0.0394 e. The fraction of sp³-hybridized carbons (Fsp3) is 0. The first-order valence-electron chi connectivity index (χ1n) is 6.71. The van der Waals surface area contributed by atoms with E-state index in [1.165, 1.54) is 4.90 Å². The Morgan fingerprint density at radius 2 is 1.38 bits per heavy atom. The van der Waals surface area contributed by atoms with E-state index < -0.39 is 0 Å². The minimum atomic E-state index is 0.756. The summed E-state index contributed by atoms with van der Waals surface area (Å²) in [5, 5.41) is 0. The van der Waals surface area contributed by atoms with Crippen LogP contribution in [0.4, 0.5) is 11.4 Å². The van der Waals surface area contributed by atoms with Crippen molar-refractivity contribution in [2.24, 2.45) is 0 Å². The molecule has 0 saturated carbocycles. The van der Waals surface area contributed by atoms with E-state index in [9.17, 15) is 0 Å². The third-order valence-corrected chi connectivity index (χ3v) is 4.29. The Morgan fingerprint density at radius 1 is 0.667 bits per heavy atom. The second-order valence-electron chi connectivity index (χ2n) is 4.76. The first-order valence-corrected chi connectivity index (χ1v) is 7.53. The van der Waals surface area contributed by atoms with Crippen molar-refractivity contribution in [2.75, 3.05) is 11.5 Å². The molecule has 3 rings (SSSR count). The zero-order chi connectivity index (χ0) is 14.7. The molecule has 21 heavy (non-hydrogen) atoms. The Labute approximate surface area is 128 Å². The van der Waals surface area contributed by atoms with E-state index in [1.54, 1.807) is 11.8 Å². The molecule has 0 spiro atoms. The molecule has 0 aliphatic carbocycles. The summed E-state index contributed by atoms with van der Waals surface area (Å²) in [6, 6.07) is 24.1. The van der Waals surface area contributed by atoms with Crippen LogP contribution in [0.25, 0.3) is 11.1 Å². The summed E-state index contributed by atoms with van der Waals surface area (Å²) >= 11 is 1.70. The highest BCUT2D eigenvalue weighted by molar-refractivity contribution is 7.99. The normalized spacial score (nSPS) is 10.5. The Hall–Kier alpha value is -2.39. The Kier molecular flexibility index (Phi) is 3.84. The summed E-state index contributed by atoms with van der Waals surface area (Å²) in [6.07, 6.45) is 0. The predicted molar refractivity (Wildman–Crippen MR) is 91.3 cm³/mol. The standard InChI is InChI=1S/C18H16N2S/c19-13-10-11-16(15-8-4-5-9-17(15)20)18(12-13)21-14-6-2-1-3-7-14/h1-12H,19-20H2. The summed E-state index contributed by atoms with van der Waals surface area (Å²) < 4.78 is 0. The number of rotatable bonds is 3. The molecule has 0 radical (unpaired) electrons. The van der Waals surface area contributed by atoms with E-state index in [4.69, 9.17) is 11.5 Å². The average Bonchev–Trinajstić information content (AvgIpc) is 2.50. The van der Waals surface area contributed by atoms with Gasteiger partial charge in [-0.3, -0.25) is 0 Å². The van der Waals surface area contributed by atoms with Gasteiger partial charge in [0.15, 0.2) is 0 Å². The minimum Gasteiger partial charge on any atom is -0.399 e. The van der Waals surface area contributed by atoms with Gasteiger partial charge in [-0.1, -0.05) is 54.2 Å². The highest BCUT2D eigenvalue weighted by Gasteiger charge is 2.09. The van der Waals surface area contributed by atoms with Crippen LogP contribution < -0.4 is 11.5 Å². The maximum absolute atomic E-state index is 6.11. The van der Waals surface area contributed by atoms with E-state index in [2.05, 4.69) is 12.1 Å². The van der Waals surface area contributed by atoms with Gasteiger partial charge in [0.05, 0.1) is 0 Å². The van der Waals surface area contributed by atoms with Crippen LogP contribution in [0.15, 0.2) is 82.6 Å². The van der Waals surface area contributed by atoms with Crippen molar-refractivity contribution in [3.8, 4) is 11.1 Å². The molecule has 4 N–H and O–H groups in total. The number of nitrogens with two attached hydrogens (primary N) is 2. The van der Waals surface area contributed by atoms with Crippen LogP contribution in [-0.2, 0) is 0 Å². The summed E-state index contributed by atoms with van der Waals surface area (Å²) in [7, 11) is 0. The summed E-state index contributed by atoms with van der Waals surface area (Å²) in [4.78, 5) is 2.29. The first-order chi connectivity index (χ1) is 10.2. The van der Waals surface area contributed by atoms with E-state index in [0.29, 0.717) is 0 Å². The second kappa shape index (κ2) is 5.94. The molecule has 3 aromatic rings. The first kappa shape index (κ1) is 13.6. The smallest absolute Gasteiger partial charge is 0.0394 e. The number of nitrogen functional groups attached to an aromatic ring is 2. The molecule has 0 aliphatic heterocycles. The van der Waals surface area contributed by atoms with Crippen molar-refractivity contribution in [2.45, 2.75) is 9.79 Å². The Bertz CT molecular complexity index is 754. The summed E-state index contributed by atoms with van der Waals surface area (Å²) in [5.41, 5.74) is 15.7. The van der Waals surface area contributed by atoms with E-state index in [0.717, 1.165) is 27.4 Å². The fourth-order valence-corrected chi connectivity index (χ4v) is 3.23. The molecule has 0 fully saturated rings. The Morgan fingerprint density at radius 3 is 2.14 bits per heavy atom.